The molecule has 6 heteroatoms. The van der Waals surface area contributed by atoms with E-state index in [9.17, 15) is 14.7 Å². The van der Waals surface area contributed by atoms with Crippen LogP contribution in [0.1, 0.15) is 20.8 Å². The predicted molar refractivity (Wildman–Crippen MR) is 84.6 cm³/mol. The standard InChI is InChI=1S/C16H21N3O3/c1-4-18(11-16(2,3)22)14(20)10-19-15(21)13-8-6-5-7-12(13)9-17-19/h5-9,22H,4,10-11H2,1-3H3. The molecule has 118 valence electrons. The van der Waals surface area contributed by atoms with E-state index in [2.05, 4.69) is 5.10 Å². The van der Waals surface area contributed by atoms with Crippen molar-refractivity contribution in [2.75, 3.05) is 13.1 Å². The lowest BCUT2D eigenvalue weighted by Crippen LogP contribution is -2.44. The molecular formula is C16H21N3O3. The van der Waals surface area contributed by atoms with E-state index in [1.54, 1.807) is 32.2 Å². The number of rotatable bonds is 5. The topological polar surface area (TPSA) is 75.4 Å². The van der Waals surface area contributed by atoms with Crippen LogP contribution in [0.2, 0.25) is 0 Å². The normalized spacial score (nSPS) is 11.6. The van der Waals surface area contributed by atoms with Crippen LogP contribution in [0.4, 0.5) is 0 Å². The van der Waals surface area contributed by atoms with Crippen LogP contribution in [0.3, 0.4) is 0 Å². The maximum Gasteiger partial charge on any atom is 0.275 e. The molecule has 0 saturated carbocycles. The van der Waals surface area contributed by atoms with Gasteiger partial charge in [-0.05, 0) is 26.8 Å². The molecule has 1 aromatic carbocycles. The first kappa shape index (κ1) is 16.2. The number of benzene rings is 1. The van der Waals surface area contributed by atoms with Crippen molar-refractivity contribution in [3.05, 3.63) is 40.8 Å². The molecule has 1 amide bonds. The third-order valence-corrected chi connectivity index (χ3v) is 3.36. The van der Waals surface area contributed by atoms with E-state index in [1.807, 2.05) is 19.1 Å². The summed E-state index contributed by atoms with van der Waals surface area (Å²) < 4.78 is 1.16. The summed E-state index contributed by atoms with van der Waals surface area (Å²) in [5, 5.41) is 15.2. The van der Waals surface area contributed by atoms with Gasteiger partial charge in [-0.2, -0.15) is 5.10 Å². The number of likely N-dealkylation sites (N-methyl/N-ethyl adjacent to an activating group) is 1. The fraction of sp³-hybridized carbons (Fsp3) is 0.438. The molecule has 0 spiro atoms. The molecule has 0 aliphatic carbocycles. The summed E-state index contributed by atoms with van der Waals surface area (Å²) in [6.45, 7) is 5.66. The highest BCUT2D eigenvalue weighted by atomic mass is 16.3. The lowest BCUT2D eigenvalue weighted by Gasteiger charge is -2.28. The Bertz CT molecular complexity index is 731. The van der Waals surface area contributed by atoms with Gasteiger partial charge in [0.25, 0.3) is 5.56 Å². The molecule has 1 heterocycles. The molecule has 0 saturated heterocycles. The molecule has 6 nitrogen and oxygen atoms in total. The van der Waals surface area contributed by atoms with Crippen molar-refractivity contribution < 1.29 is 9.90 Å². The fourth-order valence-electron chi connectivity index (χ4n) is 2.31. The minimum absolute atomic E-state index is 0.131. The third-order valence-electron chi connectivity index (χ3n) is 3.36. The second kappa shape index (κ2) is 6.27. The van der Waals surface area contributed by atoms with Crippen molar-refractivity contribution in [1.82, 2.24) is 14.7 Å². The van der Waals surface area contributed by atoms with Crippen LogP contribution in [0.5, 0.6) is 0 Å². The van der Waals surface area contributed by atoms with E-state index in [0.29, 0.717) is 11.9 Å². The first-order valence-corrected chi connectivity index (χ1v) is 7.27. The first-order valence-electron chi connectivity index (χ1n) is 7.27. The second-order valence-corrected chi connectivity index (χ2v) is 5.91. The molecule has 0 aliphatic heterocycles. The van der Waals surface area contributed by atoms with Crippen LogP contribution in [0, 0.1) is 0 Å². The summed E-state index contributed by atoms with van der Waals surface area (Å²) in [7, 11) is 0. The molecule has 0 unspecified atom stereocenters. The molecule has 0 fully saturated rings. The molecule has 22 heavy (non-hydrogen) atoms. The predicted octanol–water partition coefficient (Wildman–Crippen LogP) is 1.02. The lowest BCUT2D eigenvalue weighted by molar-refractivity contribution is -0.134. The summed E-state index contributed by atoms with van der Waals surface area (Å²) in [4.78, 5) is 26.2. The van der Waals surface area contributed by atoms with Crippen molar-refractivity contribution >= 4 is 16.7 Å². The Hall–Kier alpha value is -2.21. The van der Waals surface area contributed by atoms with Gasteiger partial charge in [0.1, 0.15) is 6.54 Å². The van der Waals surface area contributed by atoms with E-state index < -0.39 is 5.60 Å². The van der Waals surface area contributed by atoms with Crippen molar-refractivity contribution in [3.63, 3.8) is 0 Å². The van der Waals surface area contributed by atoms with Gasteiger partial charge >= 0.3 is 0 Å². The average molecular weight is 303 g/mol. The molecule has 1 N–H and O–H groups in total. The van der Waals surface area contributed by atoms with Crippen molar-refractivity contribution in [2.24, 2.45) is 0 Å². The summed E-state index contributed by atoms with van der Waals surface area (Å²) >= 11 is 0. The SMILES string of the molecule is CCN(CC(C)(C)O)C(=O)Cn1ncc2ccccc2c1=O. The Morgan fingerprint density at radius 1 is 1.36 bits per heavy atom. The van der Waals surface area contributed by atoms with Crippen LogP contribution < -0.4 is 5.56 Å². The van der Waals surface area contributed by atoms with Gasteiger partial charge in [0.05, 0.1) is 17.2 Å². The van der Waals surface area contributed by atoms with E-state index in [4.69, 9.17) is 0 Å². The van der Waals surface area contributed by atoms with E-state index in [0.717, 1.165) is 10.1 Å². The van der Waals surface area contributed by atoms with Gasteiger partial charge in [0, 0.05) is 18.5 Å². The maximum atomic E-state index is 12.3. The van der Waals surface area contributed by atoms with Crippen LogP contribution in [0.25, 0.3) is 10.8 Å². The van der Waals surface area contributed by atoms with Crippen molar-refractivity contribution in [2.45, 2.75) is 32.9 Å². The Balaban J connectivity index is 2.25. The van der Waals surface area contributed by atoms with Crippen LogP contribution in [0.15, 0.2) is 35.3 Å². The van der Waals surface area contributed by atoms with Gasteiger partial charge in [-0.1, -0.05) is 18.2 Å². The Labute approximate surface area is 129 Å². The zero-order chi connectivity index (χ0) is 16.3. The molecule has 2 rings (SSSR count). The minimum Gasteiger partial charge on any atom is -0.389 e. The third kappa shape index (κ3) is 3.71. The quantitative estimate of drug-likeness (QED) is 0.894. The van der Waals surface area contributed by atoms with Crippen LogP contribution >= 0.6 is 0 Å². The number of hydrogen-bond acceptors (Lipinski definition) is 4. The average Bonchev–Trinajstić information content (AvgIpc) is 2.47. The van der Waals surface area contributed by atoms with Crippen LogP contribution in [-0.4, -0.2) is 44.4 Å². The molecule has 2 aromatic rings. The van der Waals surface area contributed by atoms with Crippen LogP contribution in [-0.2, 0) is 11.3 Å². The van der Waals surface area contributed by atoms with E-state index >= 15 is 0 Å². The Kier molecular flexibility index (Phi) is 4.61. The smallest absolute Gasteiger partial charge is 0.275 e. The maximum absolute atomic E-state index is 12.3. The molecule has 1 aromatic heterocycles. The molecule has 0 atom stereocenters. The summed E-state index contributed by atoms with van der Waals surface area (Å²) in [5.41, 5.74) is -1.27. The van der Waals surface area contributed by atoms with Gasteiger partial charge in [-0.15, -0.1) is 0 Å². The van der Waals surface area contributed by atoms with Gasteiger partial charge in [0.2, 0.25) is 5.91 Å². The number of fused-ring (bicyclic) bond motifs is 1. The number of carbonyl (C=O) groups is 1. The zero-order valence-electron chi connectivity index (χ0n) is 13.1. The highest BCUT2D eigenvalue weighted by Gasteiger charge is 2.22. The second-order valence-electron chi connectivity index (χ2n) is 5.91. The van der Waals surface area contributed by atoms with E-state index in [-0.39, 0.29) is 24.6 Å². The van der Waals surface area contributed by atoms with Gasteiger partial charge in [-0.25, -0.2) is 4.68 Å². The molecule has 0 aliphatic rings. The lowest BCUT2D eigenvalue weighted by atomic mass is 10.1. The van der Waals surface area contributed by atoms with Gasteiger partial charge in [0.15, 0.2) is 0 Å². The van der Waals surface area contributed by atoms with Crippen molar-refractivity contribution in [3.8, 4) is 0 Å². The number of hydrogen-bond donors (Lipinski definition) is 1. The number of aliphatic hydroxyl groups is 1. The van der Waals surface area contributed by atoms with E-state index in [1.165, 1.54) is 4.90 Å². The number of aromatic nitrogens is 2. The van der Waals surface area contributed by atoms with Gasteiger partial charge in [-0.3, -0.25) is 9.59 Å². The van der Waals surface area contributed by atoms with Gasteiger partial charge < -0.3 is 10.0 Å². The largest absolute Gasteiger partial charge is 0.389 e. The zero-order valence-corrected chi connectivity index (χ0v) is 13.1. The highest BCUT2D eigenvalue weighted by Crippen LogP contribution is 2.08. The number of amides is 1. The molecule has 0 radical (unpaired) electrons. The van der Waals surface area contributed by atoms with Crippen molar-refractivity contribution in [1.29, 1.82) is 0 Å². The summed E-state index contributed by atoms with van der Waals surface area (Å²) in [6, 6.07) is 7.14. The summed E-state index contributed by atoms with van der Waals surface area (Å²) in [6.07, 6.45) is 1.58. The molecule has 0 bridgehead atoms. The number of nitrogens with zero attached hydrogens (tertiary/aromatic N) is 3. The minimum atomic E-state index is -0.979. The number of carbonyl (C=O) groups excluding carboxylic acids is 1. The monoisotopic (exact) mass is 303 g/mol. The first-order chi connectivity index (χ1) is 10.3. The summed E-state index contributed by atoms with van der Waals surface area (Å²) in [5.74, 6) is -0.241. The Morgan fingerprint density at radius 3 is 2.68 bits per heavy atom. The fourth-order valence-corrected chi connectivity index (χ4v) is 2.31. The highest BCUT2D eigenvalue weighted by molar-refractivity contribution is 5.81. The molecular weight excluding hydrogens is 282 g/mol. The Morgan fingerprint density at radius 2 is 2.05 bits per heavy atom.